The first kappa shape index (κ1) is 15.2. The van der Waals surface area contributed by atoms with Crippen molar-refractivity contribution in [2.24, 2.45) is 5.73 Å². The van der Waals surface area contributed by atoms with Crippen LogP contribution in [0.3, 0.4) is 0 Å². The number of hydrogen-bond donors (Lipinski definition) is 2. The van der Waals surface area contributed by atoms with Crippen LogP contribution in [0.1, 0.15) is 33.9 Å². The van der Waals surface area contributed by atoms with Crippen molar-refractivity contribution in [1.29, 1.82) is 0 Å². The Bertz CT molecular complexity index is 613. The number of carbonyl (C=O) groups excluding carboxylic acids is 1. The number of amides is 1. The number of nitrogens with two attached hydrogens (primary N) is 1. The molecule has 2 aromatic rings. The third-order valence-electron chi connectivity index (χ3n) is 3.39. The number of nitrogens with one attached hydrogen (secondary N) is 1. The molecule has 1 unspecified atom stereocenters. The Hall–Kier alpha value is -2.20. The summed E-state index contributed by atoms with van der Waals surface area (Å²) in [5, 5.41) is 2.80. The van der Waals surface area contributed by atoms with E-state index < -0.39 is 0 Å². The first-order chi connectivity index (χ1) is 10.1. The molecule has 110 valence electrons. The van der Waals surface area contributed by atoms with Crippen molar-refractivity contribution in [3.63, 3.8) is 0 Å². The normalized spacial score (nSPS) is 12.0. The fourth-order valence-corrected chi connectivity index (χ4v) is 2.10. The lowest BCUT2D eigenvalue weighted by Crippen LogP contribution is -2.27. The van der Waals surface area contributed by atoms with Gasteiger partial charge in [0.2, 0.25) is 0 Å². The van der Waals surface area contributed by atoms with Crippen molar-refractivity contribution < 1.29 is 9.18 Å². The number of rotatable bonds is 5. The Kier molecular flexibility index (Phi) is 5.06. The molecule has 0 aliphatic carbocycles. The van der Waals surface area contributed by atoms with Gasteiger partial charge in [0, 0.05) is 18.2 Å². The predicted octanol–water partition coefficient (Wildman–Crippen LogP) is 2.95. The number of benzene rings is 2. The van der Waals surface area contributed by atoms with E-state index in [2.05, 4.69) is 5.32 Å². The van der Waals surface area contributed by atoms with Crippen LogP contribution < -0.4 is 11.1 Å². The van der Waals surface area contributed by atoms with Crippen LogP contribution in [-0.2, 0) is 0 Å². The van der Waals surface area contributed by atoms with Gasteiger partial charge in [0.15, 0.2) is 0 Å². The van der Waals surface area contributed by atoms with Gasteiger partial charge in [-0.3, -0.25) is 4.79 Å². The average molecular weight is 286 g/mol. The molecule has 4 heteroatoms. The van der Waals surface area contributed by atoms with Crippen molar-refractivity contribution in [2.45, 2.75) is 19.4 Å². The molecule has 2 aromatic carbocycles. The summed E-state index contributed by atoms with van der Waals surface area (Å²) >= 11 is 0. The maximum absolute atomic E-state index is 13.2. The molecule has 0 radical (unpaired) electrons. The fraction of sp³-hybridized carbons (Fsp3) is 0.235. The first-order valence-corrected chi connectivity index (χ1v) is 6.93. The lowest BCUT2D eigenvalue weighted by atomic mass is 10.0. The van der Waals surface area contributed by atoms with E-state index in [9.17, 15) is 9.18 Å². The smallest absolute Gasteiger partial charge is 0.251 e. The van der Waals surface area contributed by atoms with E-state index in [1.54, 1.807) is 13.0 Å². The lowest BCUT2D eigenvalue weighted by molar-refractivity contribution is 0.0952. The second-order valence-corrected chi connectivity index (χ2v) is 5.03. The molecule has 21 heavy (non-hydrogen) atoms. The van der Waals surface area contributed by atoms with Crippen molar-refractivity contribution >= 4 is 5.91 Å². The van der Waals surface area contributed by atoms with Crippen molar-refractivity contribution in [1.82, 2.24) is 5.32 Å². The van der Waals surface area contributed by atoms with Gasteiger partial charge in [-0.25, -0.2) is 4.39 Å². The summed E-state index contributed by atoms with van der Waals surface area (Å²) in [6.45, 7) is 2.11. The first-order valence-electron chi connectivity index (χ1n) is 6.93. The van der Waals surface area contributed by atoms with E-state index in [0.29, 0.717) is 24.1 Å². The van der Waals surface area contributed by atoms with Crippen molar-refractivity contribution in [2.75, 3.05) is 6.54 Å². The van der Waals surface area contributed by atoms with Crippen LogP contribution in [0.2, 0.25) is 0 Å². The molecule has 0 aliphatic rings. The number of aryl methyl sites for hydroxylation is 1. The minimum absolute atomic E-state index is 0.110. The van der Waals surface area contributed by atoms with Gasteiger partial charge in [-0.1, -0.05) is 30.3 Å². The second-order valence-electron chi connectivity index (χ2n) is 5.03. The van der Waals surface area contributed by atoms with Gasteiger partial charge in [-0.15, -0.1) is 0 Å². The minimum Gasteiger partial charge on any atom is -0.352 e. The van der Waals surface area contributed by atoms with Crippen LogP contribution in [0, 0.1) is 12.7 Å². The highest BCUT2D eigenvalue weighted by Gasteiger charge is 2.09. The Morgan fingerprint density at radius 2 is 1.95 bits per heavy atom. The van der Waals surface area contributed by atoms with Crippen molar-refractivity contribution in [3.05, 3.63) is 71.0 Å². The maximum Gasteiger partial charge on any atom is 0.251 e. The van der Waals surface area contributed by atoms with Crippen LogP contribution in [-0.4, -0.2) is 12.5 Å². The highest BCUT2D eigenvalue weighted by atomic mass is 19.1. The van der Waals surface area contributed by atoms with Crippen LogP contribution in [0.5, 0.6) is 0 Å². The maximum atomic E-state index is 13.2. The van der Waals surface area contributed by atoms with Gasteiger partial charge in [0.05, 0.1) is 0 Å². The largest absolute Gasteiger partial charge is 0.352 e. The lowest BCUT2D eigenvalue weighted by Gasteiger charge is -2.12. The number of carbonyl (C=O) groups is 1. The van der Waals surface area contributed by atoms with E-state index in [0.717, 1.165) is 5.56 Å². The molecule has 0 bridgehead atoms. The molecule has 3 N–H and O–H groups in total. The highest BCUT2D eigenvalue weighted by Crippen LogP contribution is 2.13. The van der Waals surface area contributed by atoms with Gasteiger partial charge in [0.1, 0.15) is 5.82 Å². The molecular formula is C17H19FN2O. The third kappa shape index (κ3) is 4.13. The predicted molar refractivity (Wildman–Crippen MR) is 81.5 cm³/mol. The highest BCUT2D eigenvalue weighted by molar-refractivity contribution is 5.94. The molecule has 0 saturated carbocycles. The summed E-state index contributed by atoms with van der Waals surface area (Å²) in [6, 6.07) is 14.0. The summed E-state index contributed by atoms with van der Waals surface area (Å²) in [4.78, 5) is 12.0. The zero-order valence-electron chi connectivity index (χ0n) is 12.0. The van der Waals surface area contributed by atoms with E-state index in [4.69, 9.17) is 5.73 Å². The van der Waals surface area contributed by atoms with Gasteiger partial charge < -0.3 is 11.1 Å². The van der Waals surface area contributed by atoms with E-state index in [1.165, 1.54) is 12.1 Å². The van der Waals surface area contributed by atoms with Crippen LogP contribution >= 0.6 is 0 Å². The molecule has 0 spiro atoms. The summed E-state index contributed by atoms with van der Waals surface area (Å²) in [7, 11) is 0. The minimum atomic E-state index is -0.308. The molecular weight excluding hydrogens is 267 g/mol. The van der Waals surface area contributed by atoms with Crippen LogP contribution in [0.4, 0.5) is 4.39 Å². The van der Waals surface area contributed by atoms with Crippen LogP contribution in [0.25, 0.3) is 0 Å². The fourth-order valence-electron chi connectivity index (χ4n) is 2.10. The molecule has 2 rings (SSSR count). The molecule has 1 amide bonds. The summed E-state index contributed by atoms with van der Waals surface area (Å²) < 4.78 is 13.2. The quantitative estimate of drug-likeness (QED) is 0.888. The molecule has 0 aromatic heterocycles. The second kappa shape index (κ2) is 6.99. The van der Waals surface area contributed by atoms with Gasteiger partial charge in [-0.05, 0) is 42.7 Å². The Labute approximate surface area is 124 Å². The Morgan fingerprint density at radius 3 is 2.62 bits per heavy atom. The molecule has 0 saturated heterocycles. The summed E-state index contributed by atoms with van der Waals surface area (Å²) in [5.74, 6) is -0.518. The Balaban J connectivity index is 1.85. The van der Waals surface area contributed by atoms with E-state index in [-0.39, 0.29) is 17.8 Å². The van der Waals surface area contributed by atoms with Crippen molar-refractivity contribution in [3.8, 4) is 0 Å². The third-order valence-corrected chi connectivity index (χ3v) is 3.39. The van der Waals surface area contributed by atoms with Gasteiger partial charge >= 0.3 is 0 Å². The molecule has 3 nitrogen and oxygen atoms in total. The van der Waals surface area contributed by atoms with E-state index in [1.807, 2.05) is 30.3 Å². The molecule has 0 heterocycles. The van der Waals surface area contributed by atoms with Crippen LogP contribution in [0.15, 0.2) is 48.5 Å². The number of hydrogen-bond acceptors (Lipinski definition) is 2. The van der Waals surface area contributed by atoms with E-state index >= 15 is 0 Å². The summed E-state index contributed by atoms with van der Waals surface area (Å²) in [6.07, 6.45) is 0.649. The monoisotopic (exact) mass is 286 g/mol. The SMILES string of the molecule is Cc1cc(C(=O)NCCC(N)c2ccccc2)ccc1F. The standard InChI is InChI=1S/C17H19FN2O/c1-12-11-14(7-8-15(12)18)17(21)20-10-9-16(19)13-5-3-2-4-6-13/h2-8,11,16H,9-10,19H2,1H3,(H,20,21). The molecule has 0 aliphatic heterocycles. The zero-order valence-corrected chi connectivity index (χ0v) is 12.0. The average Bonchev–Trinajstić information content (AvgIpc) is 2.50. The summed E-state index contributed by atoms with van der Waals surface area (Å²) in [5.41, 5.74) is 8.03. The topological polar surface area (TPSA) is 55.1 Å². The zero-order chi connectivity index (χ0) is 15.2. The molecule has 1 atom stereocenters. The molecule has 0 fully saturated rings. The van der Waals surface area contributed by atoms with Gasteiger partial charge in [-0.2, -0.15) is 0 Å². The number of halogens is 1. The Morgan fingerprint density at radius 1 is 1.24 bits per heavy atom. The van der Waals surface area contributed by atoms with Gasteiger partial charge in [0.25, 0.3) is 5.91 Å².